The van der Waals surface area contributed by atoms with Gasteiger partial charge >= 0.3 is 5.97 Å². The smallest absolute Gasteiger partial charge is 0.319 e. The minimum atomic E-state index is -0.534. The second-order valence-corrected chi connectivity index (χ2v) is 5.51. The standard InChI is InChI=1S/C14H19NO2S/c1-11(18)13(16)17-14(8-5-9-15-10-14)12-6-3-2-4-7-12/h2-4,6-7,11,15,18H,5,8-10H2,1H3. The third-order valence-corrected chi connectivity index (χ3v) is 3.49. The number of carbonyl (C=O) groups is 1. The molecule has 0 aromatic heterocycles. The Balaban J connectivity index is 2.26. The fraction of sp³-hybridized carbons (Fsp3) is 0.500. The second-order valence-electron chi connectivity index (χ2n) is 4.74. The lowest BCUT2D eigenvalue weighted by atomic mass is 9.86. The molecule has 1 N–H and O–H groups in total. The van der Waals surface area contributed by atoms with Crippen molar-refractivity contribution in [3.63, 3.8) is 0 Å². The van der Waals surface area contributed by atoms with E-state index in [0.717, 1.165) is 24.9 Å². The quantitative estimate of drug-likeness (QED) is 0.649. The van der Waals surface area contributed by atoms with Gasteiger partial charge in [0.25, 0.3) is 0 Å². The number of ether oxygens (including phenoxy) is 1. The summed E-state index contributed by atoms with van der Waals surface area (Å²) >= 11 is 4.15. The summed E-state index contributed by atoms with van der Waals surface area (Å²) in [6, 6.07) is 9.96. The van der Waals surface area contributed by atoms with Crippen molar-refractivity contribution in [2.24, 2.45) is 0 Å². The van der Waals surface area contributed by atoms with Crippen molar-refractivity contribution in [2.45, 2.75) is 30.6 Å². The average molecular weight is 265 g/mol. The molecule has 2 unspecified atom stereocenters. The number of thiol groups is 1. The highest BCUT2D eigenvalue weighted by Gasteiger charge is 2.38. The lowest BCUT2D eigenvalue weighted by molar-refractivity contribution is -0.162. The molecule has 0 saturated carbocycles. The van der Waals surface area contributed by atoms with E-state index < -0.39 is 10.9 Å². The molecule has 1 fully saturated rings. The summed E-state index contributed by atoms with van der Waals surface area (Å²) < 4.78 is 5.75. The maximum atomic E-state index is 11.9. The molecule has 4 heteroatoms. The van der Waals surface area contributed by atoms with E-state index in [4.69, 9.17) is 4.74 Å². The summed E-state index contributed by atoms with van der Waals surface area (Å²) in [5.74, 6) is -0.258. The molecule has 0 bridgehead atoms. The van der Waals surface area contributed by atoms with Crippen LogP contribution in [0.25, 0.3) is 0 Å². The van der Waals surface area contributed by atoms with E-state index in [0.29, 0.717) is 6.54 Å². The van der Waals surface area contributed by atoms with Gasteiger partial charge in [-0.2, -0.15) is 12.6 Å². The molecule has 18 heavy (non-hydrogen) atoms. The van der Waals surface area contributed by atoms with Crippen LogP contribution in [0.15, 0.2) is 30.3 Å². The molecular weight excluding hydrogens is 246 g/mol. The summed E-state index contributed by atoms with van der Waals surface area (Å²) in [6.45, 7) is 3.38. The van der Waals surface area contributed by atoms with Gasteiger partial charge in [0.1, 0.15) is 5.60 Å². The predicted octanol–water partition coefficient (Wildman–Crippen LogP) is 2.13. The Morgan fingerprint density at radius 2 is 2.17 bits per heavy atom. The van der Waals surface area contributed by atoms with Crippen molar-refractivity contribution < 1.29 is 9.53 Å². The molecule has 98 valence electrons. The third-order valence-electron chi connectivity index (χ3n) is 3.28. The third kappa shape index (κ3) is 2.87. The number of piperidine rings is 1. The lowest BCUT2D eigenvalue weighted by Gasteiger charge is -2.38. The minimum absolute atomic E-state index is 0.258. The van der Waals surface area contributed by atoms with Gasteiger partial charge in [0.05, 0.1) is 5.25 Å². The maximum absolute atomic E-state index is 11.9. The van der Waals surface area contributed by atoms with Crippen LogP contribution >= 0.6 is 12.6 Å². The highest BCUT2D eigenvalue weighted by atomic mass is 32.1. The molecule has 1 aliphatic rings. The molecule has 1 aromatic carbocycles. The number of hydrogen-bond donors (Lipinski definition) is 2. The molecule has 2 atom stereocenters. The molecule has 1 saturated heterocycles. The predicted molar refractivity (Wildman–Crippen MR) is 74.8 cm³/mol. The van der Waals surface area contributed by atoms with Crippen LogP contribution in [0.1, 0.15) is 25.3 Å². The minimum Gasteiger partial charge on any atom is -0.452 e. The maximum Gasteiger partial charge on any atom is 0.319 e. The van der Waals surface area contributed by atoms with E-state index in [1.165, 1.54) is 0 Å². The van der Waals surface area contributed by atoms with Gasteiger partial charge in [0.15, 0.2) is 0 Å². The number of benzene rings is 1. The first-order chi connectivity index (χ1) is 8.64. The molecule has 0 spiro atoms. The van der Waals surface area contributed by atoms with Crippen molar-refractivity contribution in [3.05, 3.63) is 35.9 Å². The van der Waals surface area contributed by atoms with E-state index in [-0.39, 0.29) is 5.97 Å². The highest BCUT2D eigenvalue weighted by molar-refractivity contribution is 7.81. The van der Waals surface area contributed by atoms with Gasteiger partial charge in [-0.15, -0.1) is 0 Å². The second kappa shape index (κ2) is 5.76. The average Bonchev–Trinajstić information content (AvgIpc) is 2.40. The van der Waals surface area contributed by atoms with Gasteiger partial charge in [0.2, 0.25) is 0 Å². The van der Waals surface area contributed by atoms with Gasteiger partial charge < -0.3 is 10.1 Å². The zero-order valence-electron chi connectivity index (χ0n) is 10.6. The molecule has 3 nitrogen and oxygen atoms in total. The molecule has 0 radical (unpaired) electrons. The monoisotopic (exact) mass is 265 g/mol. The first-order valence-electron chi connectivity index (χ1n) is 6.31. The largest absolute Gasteiger partial charge is 0.452 e. The van der Waals surface area contributed by atoms with Crippen LogP contribution in [0.4, 0.5) is 0 Å². The van der Waals surface area contributed by atoms with Crippen molar-refractivity contribution in [1.29, 1.82) is 0 Å². The Morgan fingerprint density at radius 3 is 2.72 bits per heavy atom. The van der Waals surface area contributed by atoms with Gasteiger partial charge in [-0.3, -0.25) is 4.79 Å². The Kier molecular flexibility index (Phi) is 4.30. The van der Waals surface area contributed by atoms with Crippen LogP contribution in [-0.4, -0.2) is 24.3 Å². The molecule has 2 rings (SSSR count). The van der Waals surface area contributed by atoms with E-state index >= 15 is 0 Å². The van der Waals surface area contributed by atoms with Crippen LogP contribution < -0.4 is 5.32 Å². The van der Waals surface area contributed by atoms with Crippen LogP contribution in [0.3, 0.4) is 0 Å². The Labute approximate surface area is 113 Å². The van der Waals surface area contributed by atoms with Crippen molar-refractivity contribution in [2.75, 3.05) is 13.1 Å². The van der Waals surface area contributed by atoms with E-state index in [2.05, 4.69) is 17.9 Å². The normalized spacial score (nSPS) is 25.4. The number of rotatable bonds is 3. The van der Waals surface area contributed by atoms with Crippen molar-refractivity contribution in [3.8, 4) is 0 Å². The molecular formula is C14H19NO2S. The SMILES string of the molecule is CC(S)C(=O)OC1(c2ccccc2)CCCNC1. The topological polar surface area (TPSA) is 38.3 Å². The summed E-state index contributed by atoms with van der Waals surface area (Å²) in [5.41, 5.74) is 0.521. The highest BCUT2D eigenvalue weighted by Crippen LogP contribution is 2.33. The summed E-state index contributed by atoms with van der Waals surface area (Å²) in [4.78, 5) is 11.9. The van der Waals surface area contributed by atoms with E-state index in [1.54, 1.807) is 6.92 Å². The number of esters is 1. The zero-order valence-corrected chi connectivity index (χ0v) is 11.5. The molecule has 1 aliphatic heterocycles. The summed E-state index contributed by atoms with van der Waals surface area (Å²) in [7, 11) is 0. The van der Waals surface area contributed by atoms with Crippen LogP contribution in [0.5, 0.6) is 0 Å². The summed E-state index contributed by atoms with van der Waals surface area (Å²) in [6.07, 6.45) is 1.86. The Bertz CT molecular complexity index is 400. The summed E-state index contributed by atoms with van der Waals surface area (Å²) in [5, 5.41) is 2.92. The van der Waals surface area contributed by atoms with Gasteiger partial charge in [-0.1, -0.05) is 30.3 Å². The fourth-order valence-corrected chi connectivity index (χ4v) is 2.34. The molecule has 1 aromatic rings. The van der Waals surface area contributed by atoms with Gasteiger partial charge in [-0.05, 0) is 31.9 Å². The lowest BCUT2D eigenvalue weighted by Crippen LogP contribution is -2.47. The first-order valence-corrected chi connectivity index (χ1v) is 6.83. The first kappa shape index (κ1) is 13.4. The Hall–Kier alpha value is -1.00. The van der Waals surface area contributed by atoms with Crippen molar-refractivity contribution >= 4 is 18.6 Å². The zero-order chi connectivity index (χ0) is 13.0. The molecule has 1 heterocycles. The molecule has 0 amide bonds. The number of carbonyl (C=O) groups excluding carboxylic acids is 1. The van der Waals surface area contributed by atoms with E-state index in [9.17, 15) is 4.79 Å². The fourth-order valence-electron chi connectivity index (χ4n) is 2.29. The van der Waals surface area contributed by atoms with Gasteiger partial charge in [-0.25, -0.2) is 0 Å². The van der Waals surface area contributed by atoms with Crippen LogP contribution in [0.2, 0.25) is 0 Å². The van der Waals surface area contributed by atoms with Gasteiger partial charge in [0, 0.05) is 6.54 Å². The Morgan fingerprint density at radius 1 is 1.44 bits per heavy atom. The van der Waals surface area contributed by atoms with Crippen molar-refractivity contribution in [1.82, 2.24) is 5.32 Å². The van der Waals surface area contributed by atoms with E-state index in [1.807, 2.05) is 30.3 Å². The number of hydrogen-bond acceptors (Lipinski definition) is 4. The number of nitrogens with one attached hydrogen (secondary N) is 1. The van der Waals surface area contributed by atoms with Crippen LogP contribution in [0, 0.1) is 0 Å². The van der Waals surface area contributed by atoms with Crippen LogP contribution in [-0.2, 0) is 15.1 Å². The molecule has 0 aliphatic carbocycles.